The molecular formula is C13H26O2. The molecule has 0 fully saturated rings. The standard InChI is InChI=1S/C13H26O2/c1-6-7-8-9-13(11(2)3)15-12(4)10-14-5/h12-13H,2,6-10H2,1,3-5H3. The second-order valence-electron chi connectivity index (χ2n) is 4.23. The van der Waals surface area contributed by atoms with E-state index in [4.69, 9.17) is 9.47 Å². The average Bonchev–Trinajstić information content (AvgIpc) is 2.16. The normalized spacial score (nSPS) is 14.9. The highest BCUT2D eigenvalue weighted by Gasteiger charge is 2.13. The third kappa shape index (κ3) is 7.57. The maximum absolute atomic E-state index is 5.87. The minimum Gasteiger partial charge on any atom is -0.382 e. The van der Waals surface area contributed by atoms with Crippen LogP contribution in [0.2, 0.25) is 0 Å². The van der Waals surface area contributed by atoms with Crippen molar-refractivity contribution in [1.82, 2.24) is 0 Å². The molecule has 0 aromatic carbocycles. The van der Waals surface area contributed by atoms with Gasteiger partial charge in [-0.3, -0.25) is 0 Å². The van der Waals surface area contributed by atoms with Crippen LogP contribution in [0, 0.1) is 0 Å². The largest absolute Gasteiger partial charge is 0.382 e. The lowest BCUT2D eigenvalue weighted by molar-refractivity contribution is -0.0271. The maximum atomic E-state index is 5.87. The monoisotopic (exact) mass is 214 g/mol. The van der Waals surface area contributed by atoms with Crippen LogP contribution in [0.25, 0.3) is 0 Å². The molecule has 0 heterocycles. The molecule has 0 saturated heterocycles. The van der Waals surface area contributed by atoms with Crippen LogP contribution in [0.1, 0.15) is 46.5 Å². The minimum absolute atomic E-state index is 0.151. The highest BCUT2D eigenvalue weighted by molar-refractivity contribution is 4.97. The van der Waals surface area contributed by atoms with Crippen LogP contribution in [0.3, 0.4) is 0 Å². The van der Waals surface area contributed by atoms with Crippen molar-refractivity contribution in [2.75, 3.05) is 13.7 Å². The van der Waals surface area contributed by atoms with E-state index in [9.17, 15) is 0 Å². The molecular weight excluding hydrogens is 188 g/mol. The zero-order valence-corrected chi connectivity index (χ0v) is 10.7. The maximum Gasteiger partial charge on any atom is 0.0788 e. The van der Waals surface area contributed by atoms with Crippen molar-refractivity contribution in [3.8, 4) is 0 Å². The van der Waals surface area contributed by atoms with E-state index in [1.54, 1.807) is 7.11 Å². The lowest BCUT2D eigenvalue weighted by Gasteiger charge is -2.22. The lowest BCUT2D eigenvalue weighted by atomic mass is 10.1. The molecule has 0 aromatic rings. The first-order chi connectivity index (χ1) is 7.11. The Balaban J connectivity index is 3.87. The zero-order valence-electron chi connectivity index (χ0n) is 10.7. The van der Waals surface area contributed by atoms with Crippen molar-refractivity contribution in [3.05, 3.63) is 12.2 Å². The van der Waals surface area contributed by atoms with E-state index in [1.165, 1.54) is 19.3 Å². The Morgan fingerprint density at radius 3 is 2.47 bits per heavy atom. The number of hydrogen-bond acceptors (Lipinski definition) is 2. The van der Waals surface area contributed by atoms with Gasteiger partial charge in [0, 0.05) is 7.11 Å². The third-order valence-electron chi connectivity index (χ3n) is 2.42. The molecule has 0 aliphatic carbocycles. The summed E-state index contributed by atoms with van der Waals surface area (Å²) in [5.41, 5.74) is 1.12. The summed E-state index contributed by atoms with van der Waals surface area (Å²) in [4.78, 5) is 0. The summed E-state index contributed by atoms with van der Waals surface area (Å²) in [6.45, 7) is 10.9. The number of methoxy groups -OCH3 is 1. The second-order valence-corrected chi connectivity index (χ2v) is 4.23. The average molecular weight is 214 g/mol. The van der Waals surface area contributed by atoms with Gasteiger partial charge in [-0.1, -0.05) is 38.3 Å². The summed E-state index contributed by atoms with van der Waals surface area (Å²) >= 11 is 0. The van der Waals surface area contributed by atoms with Gasteiger partial charge in [0.25, 0.3) is 0 Å². The van der Waals surface area contributed by atoms with Crippen LogP contribution in [0.5, 0.6) is 0 Å². The van der Waals surface area contributed by atoms with Gasteiger partial charge in [0.05, 0.1) is 18.8 Å². The van der Waals surface area contributed by atoms with Crippen molar-refractivity contribution in [1.29, 1.82) is 0 Å². The van der Waals surface area contributed by atoms with E-state index < -0.39 is 0 Å². The van der Waals surface area contributed by atoms with E-state index in [0.717, 1.165) is 12.0 Å². The van der Waals surface area contributed by atoms with Crippen LogP contribution in [-0.4, -0.2) is 25.9 Å². The molecule has 2 heteroatoms. The molecule has 2 nitrogen and oxygen atoms in total. The van der Waals surface area contributed by atoms with E-state index in [1.807, 2.05) is 13.8 Å². The first-order valence-electron chi connectivity index (χ1n) is 5.91. The van der Waals surface area contributed by atoms with Crippen LogP contribution in [0.4, 0.5) is 0 Å². The van der Waals surface area contributed by atoms with Crippen LogP contribution in [-0.2, 0) is 9.47 Å². The Hall–Kier alpha value is -0.340. The molecule has 2 unspecified atom stereocenters. The first-order valence-corrected chi connectivity index (χ1v) is 5.91. The molecule has 0 radical (unpaired) electrons. The molecule has 15 heavy (non-hydrogen) atoms. The van der Waals surface area contributed by atoms with Crippen LogP contribution < -0.4 is 0 Å². The molecule has 2 atom stereocenters. The van der Waals surface area contributed by atoms with Crippen molar-refractivity contribution in [2.24, 2.45) is 0 Å². The van der Waals surface area contributed by atoms with Gasteiger partial charge in [-0.2, -0.15) is 0 Å². The number of ether oxygens (including phenoxy) is 2. The Labute approximate surface area is 94.7 Å². The summed E-state index contributed by atoms with van der Waals surface area (Å²) in [6.07, 6.45) is 5.16. The summed E-state index contributed by atoms with van der Waals surface area (Å²) < 4.78 is 10.9. The molecule has 0 spiro atoms. The smallest absolute Gasteiger partial charge is 0.0788 e. The van der Waals surface area contributed by atoms with Gasteiger partial charge in [0.15, 0.2) is 0 Å². The molecule has 0 rings (SSSR count). The van der Waals surface area contributed by atoms with E-state index in [0.29, 0.717) is 6.61 Å². The van der Waals surface area contributed by atoms with Gasteiger partial charge in [0.2, 0.25) is 0 Å². The zero-order chi connectivity index (χ0) is 11.7. The molecule has 0 bridgehead atoms. The van der Waals surface area contributed by atoms with Crippen molar-refractivity contribution in [2.45, 2.75) is 58.7 Å². The highest BCUT2D eigenvalue weighted by atomic mass is 16.5. The van der Waals surface area contributed by atoms with Crippen molar-refractivity contribution >= 4 is 0 Å². The summed E-state index contributed by atoms with van der Waals surface area (Å²) in [6, 6.07) is 0. The fourth-order valence-electron chi connectivity index (χ4n) is 1.56. The van der Waals surface area contributed by atoms with Crippen molar-refractivity contribution < 1.29 is 9.47 Å². The van der Waals surface area contributed by atoms with Gasteiger partial charge in [-0.25, -0.2) is 0 Å². The number of hydrogen-bond donors (Lipinski definition) is 0. The van der Waals surface area contributed by atoms with Crippen LogP contribution >= 0.6 is 0 Å². The summed E-state index contributed by atoms with van der Waals surface area (Å²) in [7, 11) is 1.70. The van der Waals surface area contributed by atoms with Gasteiger partial charge in [-0.05, 0) is 20.3 Å². The molecule has 0 N–H and O–H groups in total. The molecule has 0 aromatic heterocycles. The fourth-order valence-corrected chi connectivity index (χ4v) is 1.56. The Bertz CT molecular complexity index is 166. The van der Waals surface area contributed by atoms with E-state index >= 15 is 0 Å². The molecule has 0 saturated carbocycles. The Kier molecular flexibility index (Phi) is 8.73. The predicted octanol–water partition coefficient (Wildman–Crippen LogP) is 3.56. The summed E-state index contributed by atoms with van der Waals surface area (Å²) in [5.74, 6) is 0. The molecule has 90 valence electrons. The minimum atomic E-state index is 0.151. The first kappa shape index (κ1) is 14.7. The Morgan fingerprint density at radius 2 is 2.00 bits per heavy atom. The predicted molar refractivity (Wildman–Crippen MR) is 65.2 cm³/mol. The number of rotatable bonds is 9. The lowest BCUT2D eigenvalue weighted by Crippen LogP contribution is -2.24. The van der Waals surface area contributed by atoms with Gasteiger partial charge in [-0.15, -0.1) is 0 Å². The van der Waals surface area contributed by atoms with Crippen molar-refractivity contribution in [3.63, 3.8) is 0 Å². The van der Waals surface area contributed by atoms with Gasteiger partial charge >= 0.3 is 0 Å². The molecule has 0 aliphatic heterocycles. The SMILES string of the molecule is C=C(C)C(CCCCC)OC(C)COC. The second kappa shape index (κ2) is 8.93. The highest BCUT2D eigenvalue weighted by Crippen LogP contribution is 2.15. The fraction of sp³-hybridized carbons (Fsp3) is 0.846. The summed E-state index contributed by atoms with van der Waals surface area (Å²) in [5, 5.41) is 0. The van der Waals surface area contributed by atoms with Crippen LogP contribution in [0.15, 0.2) is 12.2 Å². The Morgan fingerprint density at radius 1 is 1.33 bits per heavy atom. The van der Waals surface area contributed by atoms with E-state index in [2.05, 4.69) is 13.5 Å². The topological polar surface area (TPSA) is 18.5 Å². The third-order valence-corrected chi connectivity index (χ3v) is 2.42. The van der Waals surface area contributed by atoms with Gasteiger partial charge < -0.3 is 9.47 Å². The van der Waals surface area contributed by atoms with E-state index in [-0.39, 0.29) is 12.2 Å². The molecule has 0 aliphatic rings. The quantitative estimate of drug-likeness (QED) is 0.431. The molecule has 0 amide bonds. The van der Waals surface area contributed by atoms with Gasteiger partial charge in [0.1, 0.15) is 0 Å². The number of unbranched alkanes of at least 4 members (excludes halogenated alkanes) is 2.